The number of pyridine rings is 2. The first-order chi connectivity index (χ1) is 15.6. The van der Waals surface area contributed by atoms with Crippen molar-refractivity contribution in [2.75, 3.05) is 19.6 Å². The Labute approximate surface area is 194 Å². The minimum Gasteiger partial charge on any atom is -0.349 e. The summed E-state index contributed by atoms with van der Waals surface area (Å²) in [5.74, 6) is 0.366. The smallest absolute Gasteiger partial charge is 0.234 e. The molecule has 6 heteroatoms. The SMILES string of the molecule is Cc1cc(Cc2ccccc2Cl)cc([C@H]2CCCN(CC(=O)NCc3ccccn3)C2)n1. The highest BCUT2D eigenvalue weighted by Crippen LogP contribution is 2.28. The third kappa shape index (κ3) is 6.15. The maximum absolute atomic E-state index is 12.5. The van der Waals surface area contributed by atoms with E-state index < -0.39 is 0 Å². The standard InChI is InChI=1S/C26H29ClN4O/c1-19-13-20(14-21-7-2-3-10-24(21)27)15-25(30-19)22-8-6-12-31(17-22)18-26(32)29-16-23-9-4-5-11-28-23/h2-5,7,9-11,13,15,22H,6,8,12,14,16-18H2,1H3,(H,29,32)/t22-/m0/s1. The molecule has 1 fully saturated rings. The van der Waals surface area contributed by atoms with E-state index in [1.54, 1.807) is 6.20 Å². The van der Waals surface area contributed by atoms with Gasteiger partial charge < -0.3 is 5.32 Å². The van der Waals surface area contributed by atoms with Crippen LogP contribution in [0.5, 0.6) is 0 Å². The van der Waals surface area contributed by atoms with E-state index in [0.717, 1.165) is 60.0 Å². The summed E-state index contributed by atoms with van der Waals surface area (Å²) < 4.78 is 0. The molecule has 0 radical (unpaired) electrons. The summed E-state index contributed by atoms with van der Waals surface area (Å²) in [5, 5.41) is 3.78. The molecule has 0 bridgehead atoms. The van der Waals surface area contributed by atoms with E-state index in [1.807, 2.05) is 43.3 Å². The molecule has 4 rings (SSSR count). The molecule has 1 aliphatic rings. The minimum atomic E-state index is 0.0351. The summed E-state index contributed by atoms with van der Waals surface area (Å²) in [6.45, 7) is 4.69. The van der Waals surface area contributed by atoms with Crippen molar-refractivity contribution in [2.45, 2.75) is 38.6 Å². The summed E-state index contributed by atoms with van der Waals surface area (Å²) in [7, 11) is 0. The van der Waals surface area contributed by atoms with E-state index in [-0.39, 0.29) is 5.91 Å². The fourth-order valence-corrected chi connectivity index (χ4v) is 4.53. The number of hydrogen-bond acceptors (Lipinski definition) is 4. The van der Waals surface area contributed by atoms with Crippen LogP contribution in [0, 0.1) is 6.92 Å². The van der Waals surface area contributed by atoms with Gasteiger partial charge in [0.1, 0.15) is 0 Å². The number of likely N-dealkylation sites (tertiary alicyclic amines) is 1. The van der Waals surface area contributed by atoms with E-state index in [1.165, 1.54) is 5.56 Å². The predicted molar refractivity (Wildman–Crippen MR) is 128 cm³/mol. The van der Waals surface area contributed by atoms with Gasteiger partial charge in [-0.3, -0.25) is 19.7 Å². The first-order valence-electron chi connectivity index (χ1n) is 11.2. The first-order valence-corrected chi connectivity index (χ1v) is 11.5. The normalized spacial score (nSPS) is 16.6. The molecule has 1 aliphatic heterocycles. The van der Waals surface area contributed by atoms with Gasteiger partial charge in [0.2, 0.25) is 5.91 Å². The van der Waals surface area contributed by atoms with Crippen molar-refractivity contribution in [2.24, 2.45) is 0 Å². The maximum Gasteiger partial charge on any atom is 0.234 e. The molecule has 1 N–H and O–H groups in total. The van der Waals surface area contributed by atoms with Crippen molar-refractivity contribution in [1.29, 1.82) is 0 Å². The van der Waals surface area contributed by atoms with Crippen molar-refractivity contribution >= 4 is 17.5 Å². The van der Waals surface area contributed by atoms with Gasteiger partial charge in [-0.1, -0.05) is 35.9 Å². The maximum atomic E-state index is 12.5. The molecule has 0 saturated carbocycles. The van der Waals surface area contributed by atoms with Gasteiger partial charge in [0.05, 0.1) is 18.8 Å². The first kappa shape index (κ1) is 22.4. The molecule has 0 spiro atoms. The van der Waals surface area contributed by atoms with E-state index in [2.05, 4.69) is 33.4 Å². The van der Waals surface area contributed by atoms with Crippen molar-refractivity contribution in [3.8, 4) is 0 Å². The number of nitrogens with one attached hydrogen (secondary N) is 1. The molecule has 166 valence electrons. The molecule has 1 amide bonds. The van der Waals surface area contributed by atoms with Crippen LogP contribution in [-0.2, 0) is 17.8 Å². The van der Waals surface area contributed by atoms with Crippen LogP contribution < -0.4 is 5.32 Å². The Balaban J connectivity index is 1.38. The lowest BCUT2D eigenvalue weighted by Gasteiger charge is -2.32. The topological polar surface area (TPSA) is 58.1 Å². The molecule has 1 aromatic carbocycles. The average Bonchev–Trinajstić information content (AvgIpc) is 2.80. The Morgan fingerprint density at radius 1 is 1.19 bits per heavy atom. The largest absolute Gasteiger partial charge is 0.349 e. The molecule has 2 aromatic heterocycles. The number of aryl methyl sites for hydroxylation is 1. The second kappa shape index (κ2) is 10.7. The van der Waals surface area contributed by atoms with Crippen molar-refractivity contribution in [1.82, 2.24) is 20.2 Å². The fourth-order valence-electron chi connectivity index (χ4n) is 4.33. The Kier molecular flexibility index (Phi) is 7.51. The zero-order chi connectivity index (χ0) is 22.3. The van der Waals surface area contributed by atoms with Crippen LogP contribution in [0.4, 0.5) is 0 Å². The fraction of sp³-hybridized carbons (Fsp3) is 0.346. The molecule has 32 heavy (non-hydrogen) atoms. The summed E-state index contributed by atoms with van der Waals surface area (Å²) in [4.78, 5) is 23.8. The number of aromatic nitrogens is 2. The third-order valence-corrected chi connectivity index (χ3v) is 6.24. The summed E-state index contributed by atoms with van der Waals surface area (Å²) in [6, 6.07) is 18.1. The number of amides is 1. The molecule has 3 heterocycles. The van der Waals surface area contributed by atoms with Gasteiger partial charge in [-0.15, -0.1) is 0 Å². The van der Waals surface area contributed by atoms with Crippen LogP contribution in [0.15, 0.2) is 60.8 Å². The highest BCUT2D eigenvalue weighted by atomic mass is 35.5. The zero-order valence-electron chi connectivity index (χ0n) is 18.4. The van der Waals surface area contributed by atoms with Gasteiger partial charge >= 0.3 is 0 Å². The lowest BCUT2D eigenvalue weighted by molar-refractivity contribution is -0.122. The Hall–Kier alpha value is -2.76. The number of rotatable bonds is 7. The second-order valence-electron chi connectivity index (χ2n) is 8.48. The molecule has 1 saturated heterocycles. The molecule has 0 aliphatic carbocycles. The van der Waals surface area contributed by atoms with Gasteiger partial charge in [0.25, 0.3) is 0 Å². The van der Waals surface area contributed by atoms with Gasteiger partial charge in [-0.2, -0.15) is 0 Å². The Morgan fingerprint density at radius 3 is 2.84 bits per heavy atom. The lowest BCUT2D eigenvalue weighted by Crippen LogP contribution is -2.42. The minimum absolute atomic E-state index is 0.0351. The van der Waals surface area contributed by atoms with Crippen LogP contribution in [-0.4, -0.2) is 40.4 Å². The molecule has 0 unspecified atom stereocenters. The van der Waals surface area contributed by atoms with E-state index in [4.69, 9.17) is 16.6 Å². The van der Waals surface area contributed by atoms with Crippen molar-refractivity contribution in [3.63, 3.8) is 0 Å². The van der Waals surface area contributed by atoms with Crippen molar-refractivity contribution < 1.29 is 4.79 Å². The second-order valence-corrected chi connectivity index (χ2v) is 8.89. The highest BCUT2D eigenvalue weighted by molar-refractivity contribution is 6.31. The zero-order valence-corrected chi connectivity index (χ0v) is 19.2. The number of piperidine rings is 1. The van der Waals surface area contributed by atoms with Crippen LogP contribution in [0.1, 0.15) is 47.0 Å². The third-order valence-electron chi connectivity index (χ3n) is 5.87. The van der Waals surface area contributed by atoms with Crippen molar-refractivity contribution in [3.05, 3.63) is 94.0 Å². The van der Waals surface area contributed by atoms with Gasteiger partial charge in [-0.25, -0.2) is 0 Å². The van der Waals surface area contributed by atoms with E-state index in [0.29, 0.717) is 19.0 Å². The number of carbonyl (C=O) groups is 1. The highest BCUT2D eigenvalue weighted by Gasteiger charge is 2.24. The van der Waals surface area contributed by atoms with E-state index in [9.17, 15) is 4.79 Å². The average molecular weight is 449 g/mol. The lowest BCUT2D eigenvalue weighted by atomic mass is 9.92. The molecule has 5 nitrogen and oxygen atoms in total. The molecule has 3 aromatic rings. The number of carbonyl (C=O) groups excluding carboxylic acids is 1. The van der Waals surface area contributed by atoms with Crippen LogP contribution in [0.2, 0.25) is 5.02 Å². The Morgan fingerprint density at radius 2 is 2.03 bits per heavy atom. The summed E-state index contributed by atoms with van der Waals surface area (Å²) >= 11 is 6.37. The van der Waals surface area contributed by atoms with Gasteiger partial charge in [0, 0.05) is 35.1 Å². The number of hydrogen-bond donors (Lipinski definition) is 1. The monoisotopic (exact) mass is 448 g/mol. The van der Waals surface area contributed by atoms with E-state index >= 15 is 0 Å². The van der Waals surface area contributed by atoms with Crippen LogP contribution in [0.3, 0.4) is 0 Å². The number of benzene rings is 1. The number of nitrogens with zero attached hydrogens (tertiary/aromatic N) is 3. The quantitative estimate of drug-likeness (QED) is 0.577. The summed E-state index contributed by atoms with van der Waals surface area (Å²) in [6.07, 6.45) is 4.69. The summed E-state index contributed by atoms with van der Waals surface area (Å²) in [5.41, 5.74) is 5.36. The van der Waals surface area contributed by atoms with Gasteiger partial charge in [-0.05, 0) is 74.2 Å². The van der Waals surface area contributed by atoms with Crippen LogP contribution in [0.25, 0.3) is 0 Å². The predicted octanol–water partition coefficient (Wildman–Crippen LogP) is 4.53. The van der Waals surface area contributed by atoms with Gasteiger partial charge in [0.15, 0.2) is 0 Å². The molecular weight excluding hydrogens is 420 g/mol. The Bertz CT molecular complexity index is 1060. The number of halogens is 1. The molecule has 1 atom stereocenters. The van der Waals surface area contributed by atoms with Crippen LogP contribution >= 0.6 is 11.6 Å². The molecular formula is C26H29ClN4O.